The summed E-state index contributed by atoms with van der Waals surface area (Å²) >= 11 is 0. The lowest BCUT2D eigenvalue weighted by Crippen LogP contribution is -1.96. The van der Waals surface area contributed by atoms with Crippen molar-refractivity contribution in [3.8, 4) is 0 Å². The Hall–Kier alpha value is 0.134. The summed E-state index contributed by atoms with van der Waals surface area (Å²) in [6.07, 6.45) is 1.11. The summed E-state index contributed by atoms with van der Waals surface area (Å²) in [6.45, 7) is 5.94. The Kier molecular flexibility index (Phi) is 4.38. The van der Waals surface area contributed by atoms with Crippen LogP contribution in [-0.2, 0) is 4.12 Å². The van der Waals surface area contributed by atoms with Gasteiger partial charge in [0.1, 0.15) is 10.5 Å². The fourth-order valence-electron chi connectivity index (χ4n) is 0.306. The van der Waals surface area contributed by atoms with Crippen molar-refractivity contribution in [2.24, 2.45) is 0 Å². The fraction of sp³-hybridized carbons (Fsp3) is 0.500. The van der Waals surface area contributed by atoms with Crippen LogP contribution < -0.4 is 0 Å². The van der Waals surface area contributed by atoms with Gasteiger partial charge in [-0.15, -0.1) is 6.58 Å². The molecule has 0 atom stereocenters. The Bertz CT molecular complexity index is 62.7. The van der Waals surface area contributed by atoms with Crippen LogP contribution in [0, 0.1) is 0 Å². The molecule has 0 radical (unpaired) electrons. The lowest BCUT2D eigenvalue weighted by molar-refractivity contribution is 0.669. The van der Waals surface area contributed by atoms with Crippen LogP contribution in [0.3, 0.4) is 0 Å². The second kappa shape index (κ2) is 4.30. The molecule has 0 N–H and O–H groups in total. The number of hydrogen-bond donors (Lipinski definition) is 0. The third-order valence-electron chi connectivity index (χ3n) is 0.848. The molecule has 0 aromatic rings. The van der Waals surface area contributed by atoms with Crippen molar-refractivity contribution in [3.63, 3.8) is 0 Å². The standard InChI is InChI=1S/C4H12OSi2/c1-3-4(2)7-5-6/h2-3,7H2,1,6H3. The van der Waals surface area contributed by atoms with Crippen LogP contribution in [0.1, 0.15) is 13.3 Å². The van der Waals surface area contributed by atoms with Crippen molar-refractivity contribution in [3.05, 3.63) is 11.8 Å². The molecule has 7 heavy (non-hydrogen) atoms. The first-order valence-corrected chi connectivity index (χ1v) is 4.57. The highest BCUT2D eigenvalue weighted by atomic mass is 28.3. The van der Waals surface area contributed by atoms with E-state index in [2.05, 4.69) is 13.5 Å². The molecule has 0 aliphatic rings. The molecule has 0 aliphatic carbocycles. The van der Waals surface area contributed by atoms with Gasteiger partial charge in [-0.1, -0.05) is 12.1 Å². The molecule has 0 bridgehead atoms. The van der Waals surface area contributed by atoms with Gasteiger partial charge in [-0.05, 0) is 6.42 Å². The predicted molar refractivity (Wildman–Crippen MR) is 39.0 cm³/mol. The third kappa shape index (κ3) is 3.98. The van der Waals surface area contributed by atoms with Gasteiger partial charge in [0, 0.05) is 0 Å². The van der Waals surface area contributed by atoms with Gasteiger partial charge in [-0.25, -0.2) is 0 Å². The smallest absolute Gasteiger partial charge is 0.173 e. The summed E-state index contributed by atoms with van der Waals surface area (Å²) in [5.74, 6) is 0. The van der Waals surface area contributed by atoms with Crippen molar-refractivity contribution >= 4 is 20.2 Å². The second-order valence-electron chi connectivity index (χ2n) is 1.54. The van der Waals surface area contributed by atoms with Crippen LogP contribution in [-0.4, -0.2) is 20.2 Å². The monoisotopic (exact) mass is 132 g/mol. The molecule has 0 amide bonds. The van der Waals surface area contributed by atoms with Gasteiger partial charge in [-0.3, -0.25) is 0 Å². The molecule has 0 aromatic carbocycles. The molecule has 0 saturated carbocycles. The highest BCUT2D eigenvalue weighted by Crippen LogP contribution is 1.90. The van der Waals surface area contributed by atoms with Gasteiger partial charge in [0.2, 0.25) is 0 Å². The summed E-state index contributed by atoms with van der Waals surface area (Å²) in [4.78, 5) is 0. The summed E-state index contributed by atoms with van der Waals surface area (Å²) in [6, 6.07) is 0. The maximum Gasteiger partial charge on any atom is 0.173 e. The van der Waals surface area contributed by atoms with E-state index in [0.717, 1.165) is 16.9 Å². The number of hydrogen-bond acceptors (Lipinski definition) is 1. The van der Waals surface area contributed by atoms with Gasteiger partial charge in [0.05, 0.1) is 0 Å². The van der Waals surface area contributed by atoms with Crippen molar-refractivity contribution < 1.29 is 4.12 Å². The Labute approximate surface area is 50.3 Å². The molecule has 0 heterocycles. The molecule has 0 aromatic heterocycles. The Morgan fingerprint density at radius 3 is 2.71 bits per heavy atom. The van der Waals surface area contributed by atoms with E-state index in [1.807, 2.05) is 0 Å². The topological polar surface area (TPSA) is 9.23 Å². The Balaban J connectivity index is 3.00. The maximum absolute atomic E-state index is 5.07. The number of rotatable bonds is 3. The summed E-state index contributed by atoms with van der Waals surface area (Å²) in [5, 5.41) is 1.33. The zero-order valence-electron chi connectivity index (χ0n) is 5.03. The Morgan fingerprint density at radius 2 is 2.57 bits per heavy atom. The summed E-state index contributed by atoms with van der Waals surface area (Å²) < 4.78 is 5.07. The van der Waals surface area contributed by atoms with Crippen molar-refractivity contribution in [2.75, 3.05) is 0 Å². The zero-order valence-corrected chi connectivity index (χ0v) is 8.44. The molecular weight excluding hydrogens is 120 g/mol. The molecule has 3 heteroatoms. The lowest BCUT2D eigenvalue weighted by atomic mass is 10.5. The van der Waals surface area contributed by atoms with Gasteiger partial charge in [0.15, 0.2) is 9.76 Å². The zero-order chi connectivity index (χ0) is 5.70. The van der Waals surface area contributed by atoms with Gasteiger partial charge < -0.3 is 4.12 Å². The van der Waals surface area contributed by atoms with Crippen LogP contribution in [0.25, 0.3) is 0 Å². The van der Waals surface area contributed by atoms with Crippen LogP contribution in [0.5, 0.6) is 0 Å². The Morgan fingerprint density at radius 1 is 2.00 bits per heavy atom. The molecule has 1 nitrogen and oxygen atoms in total. The van der Waals surface area contributed by atoms with Crippen LogP contribution in [0.4, 0.5) is 0 Å². The van der Waals surface area contributed by atoms with E-state index >= 15 is 0 Å². The van der Waals surface area contributed by atoms with Crippen LogP contribution in [0.2, 0.25) is 0 Å². The third-order valence-corrected chi connectivity index (χ3v) is 2.91. The fourth-order valence-corrected chi connectivity index (χ4v) is 2.14. The molecular formula is C4H12OSi2. The largest absolute Gasteiger partial charge is 0.465 e. The van der Waals surface area contributed by atoms with E-state index in [-0.39, 0.29) is 9.76 Å². The molecule has 42 valence electrons. The van der Waals surface area contributed by atoms with Gasteiger partial charge in [0.25, 0.3) is 0 Å². The molecule has 0 unspecified atom stereocenters. The van der Waals surface area contributed by atoms with Gasteiger partial charge in [-0.2, -0.15) is 0 Å². The highest BCUT2D eigenvalue weighted by molar-refractivity contribution is 6.42. The first-order valence-electron chi connectivity index (χ1n) is 2.46. The predicted octanol–water partition coefficient (Wildman–Crippen LogP) is -0.709. The summed E-state index contributed by atoms with van der Waals surface area (Å²) in [7, 11) is 0.606. The first-order chi connectivity index (χ1) is 3.31. The van der Waals surface area contributed by atoms with Crippen molar-refractivity contribution in [1.29, 1.82) is 0 Å². The van der Waals surface area contributed by atoms with Crippen LogP contribution >= 0.6 is 0 Å². The van der Waals surface area contributed by atoms with E-state index in [1.54, 1.807) is 0 Å². The lowest BCUT2D eigenvalue weighted by Gasteiger charge is -1.95. The normalized spacial score (nSPS) is 11.0. The van der Waals surface area contributed by atoms with Crippen molar-refractivity contribution in [1.82, 2.24) is 0 Å². The molecule has 0 rings (SSSR count). The summed E-state index contributed by atoms with van der Waals surface area (Å²) in [5.41, 5.74) is 0. The maximum atomic E-state index is 5.07. The van der Waals surface area contributed by atoms with E-state index in [1.165, 1.54) is 5.20 Å². The van der Waals surface area contributed by atoms with E-state index in [9.17, 15) is 0 Å². The molecule has 0 fully saturated rings. The average Bonchev–Trinajstić information content (AvgIpc) is 1.68. The van der Waals surface area contributed by atoms with E-state index in [0.29, 0.717) is 0 Å². The quantitative estimate of drug-likeness (QED) is 0.461. The minimum atomic E-state index is -0.287. The van der Waals surface area contributed by atoms with E-state index < -0.39 is 0 Å². The molecule has 0 spiro atoms. The minimum Gasteiger partial charge on any atom is -0.465 e. The van der Waals surface area contributed by atoms with E-state index in [4.69, 9.17) is 4.12 Å². The second-order valence-corrected chi connectivity index (χ2v) is 5.13. The highest BCUT2D eigenvalue weighted by Gasteiger charge is 1.85. The first kappa shape index (κ1) is 7.13. The van der Waals surface area contributed by atoms with Crippen LogP contribution in [0.15, 0.2) is 11.8 Å². The SMILES string of the molecule is C=C(CC)[SiH2]O[SiH3]. The number of allylic oxidation sites excluding steroid dienone is 1. The van der Waals surface area contributed by atoms with Crippen molar-refractivity contribution in [2.45, 2.75) is 13.3 Å². The average molecular weight is 132 g/mol. The minimum absolute atomic E-state index is 0.287. The molecule has 0 aliphatic heterocycles. The molecule has 0 saturated heterocycles. The van der Waals surface area contributed by atoms with Gasteiger partial charge >= 0.3 is 0 Å².